The normalized spacial score (nSPS) is 12.4. The number of nitrogens with one attached hydrogen (secondary N) is 1. The Morgan fingerprint density at radius 1 is 1.14 bits per heavy atom. The summed E-state index contributed by atoms with van der Waals surface area (Å²) in [5, 5.41) is 0.701. The molecule has 0 radical (unpaired) electrons. The number of H-pyrrole nitrogens is 1. The lowest BCUT2D eigenvalue weighted by molar-refractivity contribution is -0.108. The number of halogens is 1. The molecule has 1 atom stereocenters. The molecule has 1 heterocycles. The van der Waals surface area contributed by atoms with Crippen LogP contribution >= 0.6 is 11.6 Å². The zero-order valence-electron chi connectivity index (χ0n) is 11.4. The third-order valence-electron chi connectivity index (χ3n) is 3.60. The summed E-state index contributed by atoms with van der Waals surface area (Å²) in [4.78, 5) is 18.9. The molecule has 2 aromatic carbocycles. The topological polar surface area (TPSA) is 45.8 Å². The molecule has 0 spiro atoms. The van der Waals surface area contributed by atoms with Gasteiger partial charge in [-0.25, -0.2) is 4.98 Å². The summed E-state index contributed by atoms with van der Waals surface area (Å²) in [6.07, 6.45) is 2.13. The summed E-state index contributed by atoms with van der Waals surface area (Å²) in [5.74, 6) is 1.01. The van der Waals surface area contributed by atoms with Crippen LogP contribution in [0.1, 0.15) is 23.7 Å². The summed E-state index contributed by atoms with van der Waals surface area (Å²) in [6, 6.07) is 15.6. The predicted octanol–water partition coefficient (Wildman–Crippen LogP) is 4.13. The van der Waals surface area contributed by atoms with E-state index < -0.39 is 0 Å². The number of fused-ring (bicyclic) bond motifs is 1. The fourth-order valence-corrected chi connectivity index (χ4v) is 2.65. The Balaban J connectivity index is 1.87. The highest BCUT2D eigenvalue weighted by atomic mass is 35.5. The van der Waals surface area contributed by atoms with Crippen molar-refractivity contribution in [2.45, 2.75) is 18.8 Å². The second-order valence-corrected chi connectivity index (χ2v) is 5.49. The van der Waals surface area contributed by atoms with Crippen LogP contribution in [0.15, 0.2) is 48.5 Å². The van der Waals surface area contributed by atoms with Crippen LogP contribution in [0.4, 0.5) is 0 Å². The Labute approximate surface area is 128 Å². The van der Waals surface area contributed by atoms with Gasteiger partial charge in [0.25, 0.3) is 0 Å². The lowest BCUT2D eigenvalue weighted by atomic mass is 9.93. The Bertz CT molecular complexity index is 716. The number of imidazole rings is 1. The minimum Gasteiger partial charge on any atom is -0.342 e. The van der Waals surface area contributed by atoms with Crippen molar-refractivity contribution in [3.63, 3.8) is 0 Å². The molecule has 0 saturated heterocycles. The molecule has 1 N–H and O–H groups in total. The van der Waals surface area contributed by atoms with E-state index in [0.29, 0.717) is 17.9 Å². The smallest absolute Gasteiger partial charge is 0.120 e. The van der Waals surface area contributed by atoms with Crippen LogP contribution in [-0.2, 0) is 11.2 Å². The van der Waals surface area contributed by atoms with E-state index >= 15 is 0 Å². The predicted molar refractivity (Wildman–Crippen MR) is 84.7 cm³/mol. The van der Waals surface area contributed by atoms with Crippen LogP contribution < -0.4 is 0 Å². The van der Waals surface area contributed by atoms with Crippen LogP contribution in [0, 0.1) is 0 Å². The van der Waals surface area contributed by atoms with Crippen LogP contribution in [0.3, 0.4) is 0 Å². The fraction of sp³-hybridized carbons (Fsp3) is 0.176. The standard InChI is InChI=1S/C17H15ClN2O/c18-14-7-5-12(6-8-14)13(9-10-21)11-17-19-15-3-1-2-4-16(15)20-17/h1-8,10,13H,9,11H2,(H,19,20). The summed E-state index contributed by atoms with van der Waals surface area (Å²) >= 11 is 5.92. The SMILES string of the molecule is O=CCC(Cc1nc2ccccc2[nH]1)c1ccc(Cl)cc1. The third-order valence-corrected chi connectivity index (χ3v) is 3.85. The lowest BCUT2D eigenvalue weighted by Gasteiger charge is -2.13. The largest absolute Gasteiger partial charge is 0.342 e. The lowest BCUT2D eigenvalue weighted by Crippen LogP contribution is -2.05. The highest BCUT2D eigenvalue weighted by Gasteiger charge is 2.14. The van der Waals surface area contributed by atoms with Crippen LogP contribution in [0.2, 0.25) is 5.02 Å². The van der Waals surface area contributed by atoms with E-state index in [-0.39, 0.29) is 5.92 Å². The van der Waals surface area contributed by atoms with Crippen molar-refractivity contribution < 1.29 is 4.79 Å². The second kappa shape index (κ2) is 6.10. The van der Waals surface area contributed by atoms with E-state index in [4.69, 9.17) is 11.6 Å². The highest BCUT2D eigenvalue weighted by Crippen LogP contribution is 2.25. The van der Waals surface area contributed by atoms with E-state index in [2.05, 4.69) is 9.97 Å². The highest BCUT2D eigenvalue weighted by molar-refractivity contribution is 6.30. The molecule has 4 heteroatoms. The molecule has 0 aliphatic heterocycles. The Hall–Kier alpha value is -2.13. The minimum absolute atomic E-state index is 0.111. The van der Waals surface area contributed by atoms with E-state index in [1.165, 1.54) is 0 Å². The first kappa shape index (κ1) is 13.8. The maximum Gasteiger partial charge on any atom is 0.120 e. The monoisotopic (exact) mass is 298 g/mol. The van der Waals surface area contributed by atoms with Crippen molar-refractivity contribution in [3.05, 3.63) is 64.9 Å². The van der Waals surface area contributed by atoms with Gasteiger partial charge in [0.1, 0.15) is 12.1 Å². The number of carbonyl (C=O) groups excluding carboxylic acids is 1. The average molecular weight is 299 g/mol. The van der Waals surface area contributed by atoms with Gasteiger partial charge in [-0.1, -0.05) is 35.9 Å². The fourth-order valence-electron chi connectivity index (χ4n) is 2.52. The summed E-state index contributed by atoms with van der Waals surface area (Å²) in [7, 11) is 0. The molecule has 0 saturated carbocycles. The number of rotatable bonds is 5. The van der Waals surface area contributed by atoms with Crippen molar-refractivity contribution in [2.24, 2.45) is 0 Å². The first-order valence-electron chi connectivity index (χ1n) is 6.89. The van der Waals surface area contributed by atoms with Gasteiger partial charge in [0, 0.05) is 17.9 Å². The molecule has 106 valence electrons. The second-order valence-electron chi connectivity index (χ2n) is 5.06. The van der Waals surface area contributed by atoms with Crippen LogP contribution in [0.25, 0.3) is 11.0 Å². The summed E-state index contributed by atoms with van der Waals surface area (Å²) in [6.45, 7) is 0. The Morgan fingerprint density at radius 3 is 2.62 bits per heavy atom. The van der Waals surface area contributed by atoms with Crippen LogP contribution in [0.5, 0.6) is 0 Å². The number of hydrogen-bond donors (Lipinski definition) is 1. The zero-order valence-corrected chi connectivity index (χ0v) is 12.2. The number of nitrogens with zero attached hydrogens (tertiary/aromatic N) is 1. The number of aromatic nitrogens is 2. The molecule has 0 aliphatic carbocycles. The third kappa shape index (κ3) is 3.14. The Kier molecular flexibility index (Phi) is 4.02. The quantitative estimate of drug-likeness (QED) is 0.720. The van der Waals surface area contributed by atoms with E-state index in [0.717, 1.165) is 28.7 Å². The molecule has 3 rings (SSSR count). The summed E-state index contributed by atoms with van der Waals surface area (Å²) in [5.41, 5.74) is 3.08. The van der Waals surface area contributed by atoms with Crippen molar-refractivity contribution in [2.75, 3.05) is 0 Å². The number of para-hydroxylation sites is 2. The van der Waals surface area contributed by atoms with Crippen molar-refractivity contribution >= 4 is 28.9 Å². The van der Waals surface area contributed by atoms with E-state index in [1.54, 1.807) is 0 Å². The van der Waals surface area contributed by atoms with Gasteiger partial charge in [-0.15, -0.1) is 0 Å². The number of carbonyl (C=O) groups is 1. The molecule has 1 aromatic heterocycles. The molecule has 0 bridgehead atoms. The number of aldehydes is 1. The molecule has 3 aromatic rings. The first-order chi connectivity index (χ1) is 10.3. The van der Waals surface area contributed by atoms with Crippen LogP contribution in [-0.4, -0.2) is 16.3 Å². The maximum atomic E-state index is 11.0. The van der Waals surface area contributed by atoms with Gasteiger partial charge in [0.05, 0.1) is 11.0 Å². The van der Waals surface area contributed by atoms with Gasteiger partial charge in [-0.3, -0.25) is 0 Å². The molecule has 3 nitrogen and oxygen atoms in total. The zero-order chi connectivity index (χ0) is 14.7. The van der Waals surface area contributed by atoms with Gasteiger partial charge in [0.2, 0.25) is 0 Å². The first-order valence-corrected chi connectivity index (χ1v) is 7.27. The molecule has 21 heavy (non-hydrogen) atoms. The minimum atomic E-state index is 0.111. The van der Waals surface area contributed by atoms with Crippen molar-refractivity contribution in [1.29, 1.82) is 0 Å². The molecule has 0 amide bonds. The van der Waals surface area contributed by atoms with E-state index in [1.807, 2.05) is 48.5 Å². The Morgan fingerprint density at radius 2 is 1.90 bits per heavy atom. The molecular formula is C17H15ClN2O. The number of aromatic amines is 1. The van der Waals surface area contributed by atoms with Crippen molar-refractivity contribution in [1.82, 2.24) is 9.97 Å². The van der Waals surface area contributed by atoms with Gasteiger partial charge < -0.3 is 9.78 Å². The van der Waals surface area contributed by atoms with Crippen molar-refractivity contribution in [3.8, 4) is 0 Å². The maximum absolute atomic E-state index is 11.0. The number of hydrogen-bond acceptors (Lipinski definition) is 2. The number of benzene rings is 2. The molecule has 0 fully saturated rings. The van der Waals surface area contributed by atoms with E-state index in [9.17, 15) is 4.79 Å². The average Bonchev–Trinajstić information content (AvgIpc) is 2.90. The summed E-state index contributed by atoms with van der Waals surface area (Å²) < 4.78 is 0. The molecular weight excluding hydrogens is 284 g/mol. The van der Waals surface area contributed by atoms with Gasteiger partial charge in [-0.2, -0.15) is 0 Å². The van der Waals surface area contributed by atoms with Gasteiger partial charge in [-0.05, 0) is 35.7 Å². The molecule has 0 aliphatic rings. The van der Waals surface area contributed by atoms with Gasteiger partial charge >= 0.3 is 0 Å². The molecule has 1 unspecified atom stereocenters. The van der Waals surface area contributed by atoms with Gasteiger partial charge in [0.15, 0.2) is 0 Å².